The molecule has 2 aromatic heterocycles. The summed E-state index contributed by atoms with van der Waals surface area (Å²) in [6.45, 7) is 5.77. The highest BCUT2D eigenvalue weighted by Gasteiger charge is 2.15. The van der Waals surface area contributed by atoms with Crippen LogP contribution in [0.3, 0.4) is 0 Å². The number of nitrogens with zero attached hydrogens (tertiary/aromatic N) is 2. The van der Waals surface area contributed by atoms with Crippen molar-refractivity contribution in [3.8, 4) is 5.88 Å². The number of ether oxygens (including phenoxy) is 1. The number of nitrogens with one attached hydrogen (secondary N) is 3. The lowest BCUT2D eigenvalue weighted by molar-refractivity contribution is 0.192. The van der Waals surface area contributed by atoms with Crippen LogP contribution in [0.1, 0.15) is 19.8 Å². The fourth-order valence-corrected chi connectivity index (χ4v) is 3.06. The third kappa shape index (κ3) is 4.32. The van der Waals surface area contributed by atoms with E-state index in [2.05, 4.69) is 32.4 Å². The number of methoxy groups -OCH3 is 1. The van der Waals surface area contributed by atoms with E-state index in [9.17, 15) is 9.59 Å². The number of H-pyrrole nitrogens is 1. The first kappa shape index (κ1) is 18.2. The molecule has 0 bridgehead atoms. The number of hydrogen-bond donors (Lipinski definition) is 3. The van der Waals surface area contributed by atoms with Gasteiger partial charge in [0.15, 0.2) is 0 Å². The molecule has 0 unspecified atom stereocenters. The maximum absolute atomic E-state index is 12.5. The number of amides is 2. The predicted molar refractivity (Wildman–Crippen MR) is 101 cm³/mol. The van der Waals surface area contributed by atoms with E-state index < -0.39 is 6.03 Å². The summed E-state index contributed by atoms with van der Waals surface area (Å²) in [5.74, 6) is 1.13. The van der Waals surface area contributed by atoms with Gasteiger partial charge < -0.3 is 25.3 Å². The van der Waals surface area contributed by atoms with Crippen LogP contribution in [0.2, 0.25) is 0 Å². The maximum atomic E-state index is 12.5. The second kappa shape index (κ2) is 8.18. The smallest absolute Gasteiger partial charge is 0.319 e. The molecule has 0 aromatic carbocycles. The minimum absolute atomic E-state index is 0.155. The summed E-state index contributed by atoms with van der Waals surface area (Å²) in [4.78, 5) is 34.0. The fraction of sp³-hybridized carbons (Fsp3) is 0.500. The van der Waals surface area contributed by atoms with Gasteiger partial charge in [0.25, 0.3) is 0 Å². The van der Waals surface area contributed by atoms with Gasteiger partial charge in [0.2, 0.25) is 11.3 Å². The molecule has 140 valence electrons. The van der Waals surface area contributed by atoms with Gasteiger partial charge in [-0.1, -0.05) is 6.92 Å². The van der Waals surface area contributed by atoms with Crippen LogP contribution in [-0.4, -0.2) is 54.2 Å². The van der Waals surface area contributed by atoms with E-state index in [4.69, 9.17) is 4.74 Å². The lowest BCUT2D eigenvalue weighted by Crippen LogP contribution is -2.40. The molecule has 26 heavy (non-hydrogen) atoms. The number of aromatic amines is 1. The number of piperidine rings is 1. The van der Waals surface area contributed by atoms with Gasteiger partial charge in [-0.25, -0.2) is 9.78 Å². The highest BCUT2D eigenvalue weighted by molar-refractivity contribution is 5.91. The van der Waals surface area contributed by atoms with Crippen molar-refractivity contribution in [1.29, 1.82) is 0 Å². The minimum Gasteiger partial charge on any atom is -0.481 e. The maximum Gasteiger partial charge on any atom is 0.319 e. The Morgan fingerprint density at radius 1 is 1.38 bits per heavy atom. The topological polar surface area (TPSA) is 99.3 Å². The van der Waals surface area contributed by atoms with Gasteiger partial charge in [-0.05, 0) is 37.9 Å². The van der Waals surface area contributed by atoms with Gasteiger partial charge in [-0.3, -0.25) is 4.79 Å². The lowest BCUT2D eigenvalue weighted by atomic mass is 9.99. The van der Waals surface area contributed by atoms with Gasteiger partial charge in [-0.15, -0.1) is 0 Å². The Morgan fingerprint density at radius 3 is 2.88 bits per heavy atom. The van der Waals surface area contributed by atoms with Crippen molar-refractivity contribution in [3.05, 3.63) is 28.6 Å². The second-order valence-corrected chi connectivity index (χ2v) is 6.69. The quantitative estimate of drug-likeness (QED) is 0.756. The van der Waals surface area contributed by atoms with Gasteiger partial charge in [-0.2, -0.15) is 0 Å². The number of carbonyl (C=O) groups is 1. The average molecular weight is 359 g/mol. The summed E-state index contributed by atoms with van der Waals surface area (Å²) in [5.41, 5.74) is 0.617. The Labute approximate surface area is 151 Å². The molecule has 0 spiro atoms. The number of rotatable bonds is 5. The normalized spacial score (nSPS) is 15.8. The van der Waals surface area contributed by atoms with Crippen LogP contribution in [0.5, 0.6) is 5.88 Å². The zero-order valence-electron chi connectivity index (χ0n) is 15.2. The van der Waals surface area contributed by atoms with Crippen LogP contribution < -0.4 is 20.8 Å². The van der Waals surface area contributed by atoms with Crippen LogP contribution in [0.25, 0.3) is 11.0 Å². The number of fused-ring (bicyclic) bond motifs is 1. The van der Waals surface area contributed by atoms with E-state index in [1.165, 1.54) is 26.1 Å². The van der Waals surface area contributed by atoms with Crippen molar-refractivity contribution in [1.82, 2.24) is 20.2 Å². The predicted octanol–water partition coefficient (Wildman–Crippen LogP) is 1.79. The lowest BCUT2D eigenvalue weighted by Gasteiger charge is -2.30. The van der Waals surface area contributed by atoms with Crippen molar-refractivity contribution >= 4 is 22.8 Å². The Bertz CT molecular complexity index is 827. The molecule has 3 rings (SSSR count). The Kier molecular flexibility index (Phi) is 5.72. The van der Waals surface area contributed by atoms with E-state index in [-0.39, 0.29) is 16.6 Å². The fourth-order valence-electron chi connectivity index (χ4n) is 3.06. The van der Waals surface area contributed by atoms with Gasteiger partial charge in [0.05, 0.1) is 12.6 Å². The highest BCUT2D eigenvalue weighted by atomic mass is 16.5. The summed E-state index contributed by atoms with van der Waals surface area (Å²) in [6.07, 6.45) is 3.88. The average Bonchev–Trinajstić information content (AvgIpc) is 2.65. The molecule has 2 amide bonds. The van der Waals surface area contributed by atoms with Crippen molar-refractivity contribution in [2.75, 3.05) is 38.6 Å². The molecule has 1 fully saturated rings. The summed E-state index contributed by atoms with van der Waals surface area (Å²) in [5, 5.41) is 5.39. The molecule has 1 aliphatic heterocycles. The zero-order chi connectivity index (χ0) is 18.5. The molecule has 8 heteroatoms. The van der Waals surface area contributed by atoms with Crippen molar-refractivity contribution < 1.29 is 9.53 Å². The second-order valence-electron chi connectivity index (χ2n) is 6.69. The summed E-state index contributed by atoms with van der Waals surface area (Å²) < 4.78 is 5.05. The van der Waals surface area contributed by atoms with E-state index in [1.807, 2.05) is 0 Å². The number of likely N-dealkylation sites (tertiary alicyclic amines) is 1. The minimum atomic E-state index is -0.400. The number of urea groups is 1. The van der Waals surface area contributed by atoms with Crippen molar-refractivity contribution in [2.24, 2.45) is 5.92 Å². The first-order valence-electron chi connectivity index (χ1n) is 8.90. The molecule has 8 nitrogen and oxygen atoms in total. The largest absolute Gasteiger partial charge is 0.481 e. The summed E-state index contributed by atoms with van der Waals surface area (Å²) in [6, 6.07) is 2.98. The van der Waals surface area contributed by atoms with Crippen molar-refractivity contribution in [3.63, 3.8) is 0 Å². The van der Waals surface area contributed by atoms with Gasteiger partial charge in [0, 0.05) is 25.4 Å². The molecule has 1 aliphatic rings. The SMILES string of the molecule is COc1ccc2[nH]cc(NC(=O)NCCN3CCC(C)CC3)c(=O)c2n1. The summed E-state index contributed by atoms with van der Waals surface area (Å²) >= 11 is 0. The Hall–Kier alpha value is -2.61. The number of anilines is 1. The van der Waals surface area contributed by atoms with Crippen molar-refractivity contribution in [2.45, 2.75) is 19.8 Å². The summed E-state index contributed by atoms with van der Waals surface area (Å²) in [7, 11) is 1.49. The van der Waals surface area contributed by atoms with E-state index in [0.29, 0.717) is 17.9 Å². The first-order valence-corrected chi connectivity index (χ1v) is 8.90. The molecule has 0 saturated carbocycles. The van der Waals surface area contributed by atoms with E-state index in [1.54, 1.807) is 12.1 Å². The molecule has 0 radical (unpaired) electrons. The highest BCUT2D eigenvalue weighted by Crippen LogP contribution is 2.15. The van der Waals surface area contributed by atoms with Crippen LogP contribution in [0.4, 0.5) is 10.5 Å². The van der Waals surface area contributed by atoms with E-state index >= 15 is 0 Å². The zero-order valence-corrected chi connectivity index (χ0v) is 15.2. The molecule has 1 saturated heterocycles. The monoisotopic (exact) mass is 359 g/mol. The van der Waals surface area contributed by atoms with Crippen LogP contribution in [0.15, 0.2) is 23.1 Å². The number of aromatic nitrogens is 2. The van der Waals surface area contributed by atoms with Crippen LogP contribution in [-0.2, 0) is 0 Å². The molecule has 0 atom stereocenters. The molecule has 0 aliphatic carbocycles. The number of pyridine rings is 2. The number of hydrogen-bond acceptors (Lipinski definition) is 5. The molecular formula is C18H25N5O3. The third-order valence-corrected chi connectivity index (χ3v) is 4.75. The van der Waals surface area contributed by atoms with Gasteiger partial charge in [0.1, 0.15) is 11.2 Å². The van der Waals surface area contributed by atoms with Gasteiger partial charge >= 0.3 is 6.03 Å². The first-order chi connectivity index (χ1) is 12.6. The molecule has 3 N–H and O–H groups in total. The third-order valence-electron chi connectivity index (χ3n) is 4.75. The Morgan fingerprint density at radius 2 is 2.15 bits per heavy atom. The molecule has 2 aromatic rings. The Balaban J connectivity index is 1.57. The standard InChI is InChI=1S/C18H25N5O3/c1-12-5-8-23(9-6-12)10-7-19-18(25)21-14-11-20-13-3-4-15(26-2)22-16(13)17(14)24/h3-4,11-12H,5-10H2,1-2H3,(H,20,24)(H2,19,21,25). The van der Waals surface area contributed by atoms with E-state index in [0.717, 1.165) is 25.6 Å². The van der Waals surface area contributed by atoms with Crippen LogP contribution >= 0.6 is 0 Å². The molecule has 3 heterocycles. The molecular weight excluding hydrogens is 334 g/mol. The number of carbonyl (C=O) groups excluding carboxylic acids is 1. The van der Waals surface area contributed by atoms with Crippen LogP contribution in [0, 0.1) is 5.92 Å².